The van der Waals surface area contributed by atoms with Crippen molar-refractivity contribution in [2.75, 3.05) is 0 Å². The first kappa shape index (κ1) is 20.3. The zero-order valence-corrected chi connectivity index (χ0v) is 16.5. The highest BCUT2D eigenvalue weighted by atomic mass is 19.1. The van der Waals surface area contributed by atoms with Gasteiger partial charge in [-0.25, -0.2) is 18.4 Å². The van der Waals surface area contributed by atoms with Crippen LogP contribution in [0.3, 0.4) is 0 Å². The highest BCUT2D eigenvalue weighted by Crippen LogP contribution is 2.11. The third kappa shape index (κ3) is 4.63. The number of aromatic nitrogens is 5. The standard InChI is InChI=1S/C21H18F2N6O2/c1-13-2-4-14(5-3-13)9-24-18(30)11-28-12-25-20-19(21(28)31)26-27-29(20)10-15-6-16(22)8-17(23)7-15/h2-8,12H,9-11H2,1H3,(H,24,30). The Morgan fingerprint density at radius 1 is 1.06 bits per heavy atom. The predicted molar refractivity (Wildman–Crippen MR) is 108 cm³/mol. The molecule has 10 heteroatoms. The third-order valence-corrected chi connectivity index (χ3v) is 4.67. The molecule has 4 rings (SSSR count). The van der Waals surface area contributed by atoms with Crippen LogP contribution in [0.15, 0.2) is 53.6 Å². The van der Waals surface area contributed by atoms with Crippen LogP contribution >= 0.6 is 0 Å². The van der Waals surface area contributed by atoms with E-state index in [9.17, 15) is 18.4 Å². The molecule has 2 heterocycles. The Morgan fingerprint density at radius 3 is 2.48 bits per heavy atom. The van der Waals surface area contributed by atoms with E-state index in [1.54, 1.807) is 0 Å². The van der Waals surface area contributed by atoms with Gasteiger partial charge in [0.15, 0.2) is 11.2 Å². The molecule has 1 amide bonds. The molecular weight excluding hydrogens is 406 g/mol. The molecular formula is C21H18F2N6O2. The summed E-state index contributed by atoms with van der Waals surface area (Å²) in [6, 6.07) is 10.8. The Hall–Kier alpha value is -3.95. The number of benzene rings is 2. The van der Waals surface area contributed by atoms with Gasteiger partial charge in [0.1, 0.15) is 24.5 Å². The van der Waals surface area contributed by atoms with Crippen molar-refractivity contribution in [3.8, 4) is 0 Å². The van der Waals surface area contributed by atoms with Crippen molar-refractivity contribution < 1.29 is 13.6 Å². The van der Waals surface area contributed by atoms with Gasteiger partial charge in [-0.05, 0) is 30.2 Å². The molecule has 158 valence electrons. The third-order valence-electron chi connectivity index (χ3n) is 4.67. The van der Waals surface area contributed by atoms with E-state index in [1.165, 1.54) is 11.0 Å². The van der Waals surface area contributed by atoms with Gasteiger partial charge in [-0.1, -0.05) is 35.0 Å². The molecule has 0 aliphatic heterocycles. The Balaban J connectivity index is 1.48. The first-order chi connectivity index (χ1) is 14.9. The monoisotopic (exact) mass is 424 g/mol. The molecule has 0 radical (unpaired) electrons. The van der Waals surface area contributed by atoms with Gasteiger partial charge in [0, 0.05) is 12.6 Å². The Kier molecular flexibility index (Phi) is 5.52. The zero-order chi connectivity index (χ0) is 22.0. The number of aryl methyl sites for hydroxylation is 1. The lowest BCUT2D eigenvalue weighted by atomic mass is 10.1. The van der Waals surface area contributed by atoms with Crippen LogP contribution in [0.25, 0.3) is 11.2 Å². The second-order valence-electron chi connectivity index (χ2n) is 7.14. The van der Waals surface area contributed by atoms with Gasteiger partial charge in [0.25, 0.3) is 5.56 Å². The predicted octanol–water partition coefficient (Wildman–Crippen LogP) is 1.94. The van der Waals surface area contributed by atoms with E-state index in [-0.39, 0.29) is 30.2 Å². The number of fused-ring (bicyclic) bond motifs is 1. The smallest absolute Gasteiger partial charge is 0.283 e. The molecule has 4 aromatic rings. The molecule has 2 aromatic heterocycles. The minimum atomic E-state index is -0.716. The number of halogens is 2. The summed E-state index contributed by atoms with van der Waals surface area (Å²) in [5, 5.41) is 10.4. The summed E-state index contributed by atoms with van der Waals surface area (Å²) in [7, 11) is 0. The van der Waals surface area contributed by atoms with Crippen molar-refractivity contribution in [3.05, 3.63) is 87.5 Å². The lowest BCUT2D eigenvalue weighted by molar-refractivity contribution is -0.121. The van der Waals surface area contributed by atoms with Crippen LogP contribution in [0.1, 0.15) is 16.7 Å². The lowest BCUT2D eigenvalue weighted by Crippen LogP contribution is -2.32. The average molecular weight is 424 g/mol. The van der Waals surface area contributed by atoms with Crippen LogP contribution in [0.4, 0.5) is 8.78 Å². The van der Waals surface area contributed by atoms with Gasteiger partial charge < -0.3 is 5.32 Å². The molecule has 0 aliphatic carbocycles. The molecule has 0 bridgehead atoms. The summed E-state index contributed by atoms with van der Waals surface area (Å²) in [5.41, 5.74) is 1.96. The fourth-order valence-electron chi connectivity index (χ4n) is 3.10. The molecule has 2 aromatic carbocycles. The van der Waals surface area contributed by atoms with Crippen molar-refractivity contribution in [2.45, 2.75) is 26.6 Å². The fraction of sp³-hybridized carbons (Fsp3) is 0.190. The lowest BCUT2D eigenvalue weighted by Gasteiger charge is -2.08. The number of rotatable bonds is 6. The second-order valence-corrected chi connectivity index (χ2v) is 7.14. The second kappa shape index (κ2) is 8.42. The van der Waals surface area contributed by atoms with E-state index in [1.807, 2.05) is 31.2 Å². The normalized spacial score (nSPS) is 11.1. The van der Waals surface area contributed by atoms with Crippen molar-refractivity contribution in [3.63, 3.8) is 0 Å². The van der Waals surface area contributed by atoms with E-state index in [0.29, 0.717) is 12.1 Å². The summed E-state index contributed by atoms with van der Waals surface area (Å²) < 4.78 is 29.2. The minimum Gasteiger partial charge on any atom is -0.350 e. The van der Waals surface area contributed by atoms with Crippen LogP contribution in [0.5, 0.6) is 0 Å². The number of nitrogens with zero attached hydrogens (tertiary/aromatic N) is 5. The molecule has 0 fully saturated rings. The molecule has 0 spiro atoms. The van der Waals surface area contributed by atoms with Crippen molar-refractivity contribution in [1.82, 2.24) is 29.9 Å². The van der Waals surface area contributed by atoms with Crippen LogP contribution in [-0.2, 0) is 24.4 Å². The topological polar surface area (TPSA) is 94.7 Å². The highest BCUT2D eigenvalue weighted by Gasteiger charge is 2.14. The van der Waals surface area contributed by atoms with E-state index in [0.717, 1.165) is 33.9 Å². The summed E-state index contributed by atoms with van der Waals surface area (Å²) in [6.07, 6.45) is 1.22. The van der Waals surface area contributed by atoms with E-state index < -0.39 is 17.2 Å². The van der Waals surface area contributed by atoms with Gasteiger partial charge in [0.2, 0.25) is 5.91 Å². The number of carbonyl (C=O) groups is 1. The first-order valence-corrected chi connectivity index (χ1v) is 9.45. The van der Waals surface area contributed by atoms with Gasteiger partial charge >= 0.3 is 0 Å². The summed E-state index contributed by atoms with van der Waals surface area (Å²) >= 11 is 0. The molecule has 1 N–H and O–H groups in total. The Labute approximate surface area is 175 Å². The number of nitrogens with one attached hydrogen (secondary N) is 1. The van der Waals surface area contributed by atoms with Crippen LogP contribution in [0.2, 0.25) is 0 Å². The molecule has 0 unspecified atom stereocenters. The van der Waals surface area contributed by atoms with E-state index in [4.69, 9.17) is 0 Å². The van der Waals surface area contributed by atoms with Crippen LogP contribution < -0.4 is 10.9 Å². The number of hydrogen-bond acceptors (Lipinski definition) is 5. The van der Waals surface area contributed by atoms with Gasteiger partial charge in [-0.2, -0.15) is 0 Å². The van der Waals surface area contributed by atoms with Crippen molar-refractivity contribution in [1.29, 1.82) is 0 Å². The Bertz CT molecular complexity index is 1290. The van der Waals surface area contributed by atoms with Gasteiger partial charge in [-0.15, -0.1) is 5.10 Å². The first-order valence-electron chi connectivity index (χ1n) is 9.45. The zero-order valence-electron chi connectivity index (χ0n) is 16.5. The number of hydrogen-bond donors (Lipinski definition) is 1. The van der Waals surface area contributed by atoms with Crippen molar-refractivity contribution in [2.24, 2.45) is 0 Å². The largest absolute Gasteiger partial charge is 0.350 e. The molecule has 0 saturated heterocycles. The minimum absolute atomic E-state index is 0.0152. The molecule has 0 saturated carbocycles. The summed E-state index contributed by atoms with van der Waals surface area (Å²) in [6.45, 7) is 2.07. The highest BCUT2D eigenvalue weighted by molar-refractivity contribution is 5.76. The summed E-state index contributed by atoms with van der Waals surface area (Å²) in [5.74, 6) is -1.79. The molecule has 31 heavy (non-hydrogen) atoms. The Morgan fingerprint density at radius 2 is 1.77 bits per heavy atom. The van der Waals surface area contributed by atoms with Crippen LogP contribution in [-0.4, -0.2) is 30.5 Å². The van der Waals surface area contributed by atoms with Gasteiger partial charge in [0.05, 0.1) is 6.54 Å². The number of amides is 1. The maximum atomic E-state index is 13.4. The quantitative estimate of drug-likeness (QED) is 0.511. The maximum absolute atomic E-state index is 13.4. The van der Waals surface area contributed by atoms with Gasteiger partial charge in [-0.3, -0.25) is 14.2 Å². The fourth-order valence-corrected chi connectivity index (χ4v) is 3.10. The maximum Gasteiger partial charge on any atom is 0.283 e. The van der Waals surface area contributed by atoms with E-state index >= 15 is 0 Å². The average Bonchev–Trinajstić information content (AvgIpc) is 3.12. The van der Waals surface area contributed by atoms with Crippen molar-refractivity contribution >= 4 is 17.1 Å². The number of carbonyl (C=O) groups excluding carboxylic acids is 1. The molecule has 0 aliphatic rings. The molecule has 0 atom stereocenters. The van der Waals surface area contributed by atoms with Crippen LogP contribution in [0, 0.1) is 18.6 Å². The molecule has 8 nitrogen and oxygen atoms in total. The SMILES string of the molecule is Cc1ccc(CNC(=O)Cn2cnc3c(nnn3Cc3cc(F)cc(F)c3)c2=O)cc1. The van der Waals surface area contributed by atoms with E-state index in [2.05, 4.69) is 20.6 Å². The summed E-state index contributed by atoms with van der Waals surface area (Å²) in [4.78, 5) is 29.1.